The van der Waals surface area contributed by atoms with Crippen LogP contribution in [0.2, 0.25) is 0 Å². The Kier molecular flexibility index (Phi) is 5.12. The number of anilines is 1. The van der Waals surface area contributed by atoms with Crippen LogP contribution in [0, 0.1) is 0 Å². The number of para-hydroxylation sites is 1. The maximum absolute atomic E-state index is 13.1. The van der Waals surface area contributed by atoms with E-state index in [0.717, 1.165) is 22.9 Å². The van der Waals surface area contributed by atoms with Crippen molar-refractivity contribution in [3.8, 4) is 0 Å². The van der Waals surface area contributed by atoms with E-state index in [0.29, 0.717) is 5.69 Å². The number of carbonyl (C=O) groups is 1. The lowest BCUT2D eigenvalue weighted by Crippen LogP contribution is -2.39. The summed E-state index contributed by atoms with van der Waals surface area (Å²) in [5.74, 6) is -1.08. The SMILES string of the molecule is O=C(Nc1ccccc1C(F)(F)F)c1c[nH]c(=O)n(Cc2ccccn2)c1=O. The van der Waals surface area contributed by atoms with Gasteiger partial charge in [0.05, 0.1) is 23.5 Å². The summed E-state index contributed by atoms with van der Waals surface area (Å²) in [7, 11) is 0. The van der Waals surface area contributed by atoms with Gasteiger partial charge in [0, 0.05) is 12.4 Å². The summed E-state index contributed by atoms with van der Waals surface area (Å²) in [6, 6.07) is 9.26. The third-order valence-corrected chi connectivity index (χ3v) is 3.83. The number of halogens is 3. The monoisotopic (exact) mass is 390 g/mol. The van der Waals surface area contributed by atoms with E-state index in [-0.39, 0.29) is 6.54 Å². The minimum atomic E-state index is -4.69. The normalized spacial score (nSPS) is 11.2. The molecule has 2 N–H and O–H groups in total. The molecule has 0 bridgehead atoms. The van der Waals surface area contributed by atoms with Crippen molar-refractivity contribution in [3.05, 3.63) is 92.5 Å². The first-order chi connectivity index (χ1) is 13.3. The fourth-order valence-corrected chi connectivity index (χ4v) is 2.50. The number of carbonyl (C=O) groups excluding carboxylic acids is 1. The van der Waals surface area contributed by atoms with Crippen molar-refractivity contribution in [2.24, 2.45) is 0 Å². The predicted octanol–water partition coefficient (Wildman–Crippen LogP) is 2.25. The van der Waals surface area contributed by atoms with Crippen LogP contribution in [0.5, 0.6) is 0 Å². The van der Waals surface area contributed by atoms with E-state index in [4.69, 9.17) is 0 Å². The molecular formula is C18H13F3N4O3. The Morgan fingerprint density at radius 1 is 1.11 bits per heavy atom. The van der Waals surface area contributed by atoms with E-state index in [1.807, 2.05) is 0 Å². The Bertz CT molecular complexity index is 1120. The van der Waals surface area contributed by atoms with Crippen molar-refractivity contribution in [2.45, 2.75) is 12.7 Å². The molecule has 0 aliphatic rings. The molecule has 1 aromatic carbocycles. The second kappa shape index (κ2) is 7.51. The third-order valence-electron chi connectivity index (χ3n) is 3.83. The molecule has 144 valence electrons. The molecule has 7 nitrogen and oxygen atoms in total. The van der Waals surface area contributed by atoms with E-state index in [9.17, 15) is 27.6 Å². The Morgan fingerprint density at radius 3 is 2.50 bits per heavy atom. The zero-order chi connectivity index (χ0) is 20.3. The molecule has 2 heterocycles. The largest absolute Gasteiger partial charge is 0.418 e. The van der Waals surface area contributed by atoms with Gasteiger partial charge in [0.15, 0.2) is 0 Å². The molecule has 0 unspecified atom stereocenters. The van der Waals surface area contributed by atoms with Gasteiger partial charge in [-0.15, -0.1) is 0 Å². The lowest BCUT2D eigenvalue weighted by molar-refractivity contribution is -0.136. The topological polar surface area (TPSA) is 96.8 Å². The van der Waals surface area contributed by atoms with Gasteiger partial charge in [-0.05, 0) is 24.3 Å². The number of aromatic amines is 1. The second-order valence-corrected chi connectivity index (χ2v) is 5.72. The lowest BCUT2D eigenvalue weighted by Gasteiger charge is -2.13. The number of nitrogens with one attached hydrogen (secondary N) is 2. The van der Waals surface area contributed by atoms with E-state index < -0.39 is 40.1 Å². The third kappa shape index (κ3) is 4.00. The van der Waals surface area contributed by atoms with Crippen LogP contribution >= 0.6 is 0 Å². The first-order valence-corrected chi connectivity index (χ1v) is 7.97. The molecule has 0 atom stereocenters. The number of benzene rings is 1. The fourth-order valence-electron chi connectivity index (χ4n) is 2.50. The molecule has 0 aliphatic heterocycles. The summed E-state index contributed by atoms with van der Waals surface area (Å²) in [4.78, 5) is 43.1. The van der Waals surface area contributed by atoms with Crippen LogP contribution in [0.4, 0.5) is 18.9 Å². The standard InChI is InChI=1S/C18H13F3N4O3/c19-18(20,21)13-6-1-2-7-14(13)24-15(26)12-9-23-17(28)25(16(12)27)10-11-5-3-4-8-22-11/h1-9H,10H2,(H,23,28)(H,24,26). The van der Waals surface area contributed by atoms with Crippen LogP contribution in [-0.2, 0) is 12.7 Å². The Balaban J connectivity index is 1.95. The van der Waals surface area contributed by atoms with Crippen molar-refractivity contribution in [2.75, 3.05) is 5.32 Å². The van der Waals surface area contributed by atoms with Gasteiger partial charge in [0.1, 0.15) is 5.56 Å². The molecule has 10 heteroatoms. The van der Waals surface area contributed by atoms with Gasteiger partial charge in [-0.1, -0.05) is 18.2 Å². The molecule has 28 heavy (non-hydrogen) atoms. The van der Waals surface area contributed by atoms with E-state index >= 15 is 0 Å². The first-order valence-electron chi connectivity index (χ1n) is 7.97. The van der Waals surface area contributed by atoms with Crippen LogP contribution in [0.3, 0.4) is 0 Å². The van der Waals surface area contributed by atoms with Crippen molar-refractivity contribution < 1.29 is 18.0 Å². The van der Waals surface area contributed by atoms with E-state index in [1.165, 1.54) is 18.3 Å². The van der Waals surface area contributed by atoms with Gasteiger partial charge in [-0.2, -0.15) is 13.2 Å². The van der Waals surface area contributed by atoms with Gasteiger partial charge in [-0.25, -0.2) is 4.79 Å². The van der Waals surface area contributed by atoms with Gasteiger partial charge < -0.3 is 10.3 Å². The van der Waals surface area contributed by atoms with Crippen molar-refractivity contribution >= 4 is 11.6 Å². The number of pyridine rings is 1. The van der Waals surface area contributed by atoms with Crippen molar-refractivity contribution in [1.82, 2.24) is 14.5 Å². The number of H-pyrrole nitrogens is 1. The summed E-state index contributed by atoms with van der Waals surface area (Å²) < 4.78 is 39.9. The Hall–Kier alpha value is -3.69. The summed E-state index contributed by atoms with van der Waals surface area (Å²) in [6.45, 7) is -0.199. The van der Waals surface area contributed by atoms with Gasteiger partial charge in [-0.3, -0.25) is 19.1 Å². The number of hydrogen-bond acceptors (Lipinski definition) is 4. The highest BCUT2D eigenvalue weighted by molar-refractivity contribution is 6.04. The molecule has 0 saturated carbocycles. The first kappa shape index (κ1) is 19.1. The smallest absolute Gasteiger partial charge is 0.321 e. The molecule has 0 aliphatic carbocycles. The number of hydrogen-bond donors (Lipinski definition) is 2. The van der Waals surface area contributed by atoms with Gasteiger partial charge in [0.2, 0.25) is 0 Å². The molecular weight excluding hydrogens is 377 g/mol. The number of amides is 1. The summed E-state index contributed by atoms with van der Waals surface area (Å²) >= 11 is 0. The maximum atomic E-state index is 13.1. The number of alkyl halides is 3. The zero-order valence-electron chi connectivity index (χ0n) is 14.2. The Morgan fingerprint density at radius 2 is 1.82 bits per heavy atom. The highest BCUT2D eigenvalue weighted by atomic mass is 19.4. The van der Waals surface area contributed by atoms with Gasteiger partial charge >= 0.3 is 11.9 Å². The van der Waals surface area contributed by atoms with E-state index in [2.05, 4.69) is 15.3 Å². The maximum Gasteiger partial charge on any atom is 0.418 e. The molecule has 0 saturated heterocycles. The molecule has 0 spiro atoms. The number of nitrogens with zero attached hydrogens (tertiary/aromatic N) is 2. The average Bonchev–Trinajstić information content (AvgIpc) is 2.65. The minimum absolute atomic E-state index is 0.199. The summed E-state index contributed by atoms with van der Waals surface area (Å²) in [5.41, 5.74) is -3.38. The highest BCUT2D eigenvalue weighted by Gasteiger charge is 2.33. The molecule has 0 fully saturated rings. The fraction of sp³-hybridized carbons (Fsp3) is 0.111. The zero-order valence-corrected chi connectivity index (χ0v) is 14.2. The average molecular weight is 390 g/mol. The van der Waals surface area contributed by atoms with Gasteiger partial charge in [0.25, 0.3) is 11.5 Å². The molecule has 2 aromatic heterocycles. The van der Waals surface area contributed by atoms with Crippen molar-refractivity contribution in [3.63, 3.8) is 0 Å². The number of rotatable bonds is 4. The molecule has 0 radical (unpaired) electrons. The summed E-state index contributed by atoms with van der Waals surface area (Å²) in [6.07, 6.45) is -2.35. The van der Waals surface area contributed by atoms with E-state index in [1.54, 1.807) is 18.2 Å². The Labute approximate surface area is 155 Å². The predicted molar refractivity (Wildman–Crippen MR) is 94.1 cm³/mol. The van der Waals surface area contributed by atoms with Crippen LogP contribution in [0.15, 0.2) is 64.4 Å². The molecule has 3 rings (SSSR count). The molecule has 1 amide bonds. The van der Waals surface area contributed by atoms with Crippen LogP contribution < -0.4 is 16.6 Å². The summed E-state index contributed by atoms with van der Waals surface area (Å²) in [5, 5.41) is 2.07. The van der Waals surface area contributed by atoms with Crippen LogP contribution in [0.25, 0.3) is 0 Å². The molecule has 3 aromatic rings. The lowest BCUT2D eigenvalue weighted by atomic mass is 10.1. The second-order valence-electron chi connectivity index (χ2n) is 5.72. The highest BCUT2D eigenvalue weighted by Crippen LogP contribution is 2.34. The number of aromatic nitrogens is 3. The van der Waals surface area contributed by atoms with Crippen LogP contribution in [-0.4, -0.2) is 20.4 Å². The minimum Gasteiger partial charge on any atom is -0.321 e. The van der Waals surface area contributed by atoms with Crippen molar-refractivity contribution in [1.29, 1.82) is 0 Å². The van der Waals surface area contributed by atoms with Crippen LogP contribution in [0.1, 0.15) is 21.6 Å². The quantitative estimate of drug-likeness (QED) is 0.714.